The molecule has 19 heavy (non-hydrogen) atoms. The lowest BCUT2D eigenvalue weighted by Gasteiger charge is -2.07. The lowest BCUT2D eigenvalue weighted by Crippen LogP contribution is -2.15. The van der Waals surface area contributed by atoms with E-state index in [1.165, 1.54) is 25.7 Å². The Labute approximate surface area is 120 Å². The van der Waals surface area contributed by atoms with E-state index in [-0.39, 0.29) is 5.91 Å². The molecule has 1 amide bonds. The van der Waals surface area contributed by atoms with Crippen LogP contribution in [0.2, 0.25) is 0 Å². The highest BCUT2D eigenvalue weighted by molar-refractivity contribution is 7.99. The molecule has 0 unspecified atom stereocenters. The Morgan fingerprint density at radius 2 is 1.95 bits per heavy atom. The van der Waals surface area contributed by atoms with Crippen LogP contribution in [-0.2, 0) is 4.79 Å². The number of unbranched alkanes of at least 4 members (excludes halogenated alkanes) is 3. The molecule has 2 nitrogen and oxygen atoms in total. The lowest BCUT2D eigenvalue weighted by molar-refractivity contribution is -0.112. The molecule has 0 atom stereocenters. The van der Waals surface area contributed by atoms with Crippen molar-refractivity contribution in [3.63, 3.8) is 0 Å². The van der Waals surface area contributed by atoms with Crippen molar-refractivity contribution >= 4 is 23.4 Å². The van der Waals surface area contributed by atoms with E-state index < -0.39 is 0 Å². The number of carbonyl (C=O) groups is 1. The Balaban J connectivity index is 2.17. The van der Waals surface area contributed by atoms with E-state index in [4.69, 9.17) is 0 Å². The Morgan fingerprint density at radius 1 is 1.21 bits per heavy atom. The molecule has 1 aromatic rings. The first kappa shape index (κ1) is 15.8. The molecule has 1 aromatic carbocycles. The molecule has 0 radical (unpaired) electrons. The molecule has 1 N–H and O–H groups in total. The van der Waals surface area contributed by atoms with Gasteiger partial charge in [0.25, 0.3) is 5.91 Å². The van der Waals surface area contributed by atoms with Gasteiger partial charge in [-0.3, -0.25) is 4.79 Å². The molecular weight excluding hydrogens is 254 g/mol. The van der Waals surface area contributed by atoms with Gasteiger partial charge in [0.05, 0.1) is 0 Å². The van der Waals surface area contributed by atoms with Gasteiger partial charge in [-0.1, -0.05) is 51.0 Å². The fourth-order valence-corrected chi connectivity index (χ4v) is 2.56. The zero-order valence-corrected chi connectivity index (χ0v) is 12.5. The number of hydrogen-bond donors (Lipinski definition) is 1. The smallest absolute Gasteiger partial charge is 0.251 e. The zero-order chi connectivity index (χ0) is 13.9. The van der Waals surface area contributed by atoms with E-state index in [0.717, 1.165) is 11.4 Å². The lowest BCUT2D eigenvalue weighted by atomic mass is 10.2. The summed E-state index contributed by atoms with van der Waals surface area (Å²) in [7, 11) is 0. The van der Waals surface area contributed by atoms with E-state index in [9.17, 15) is 4.79 Å². The fourth-order valence-electron chi connectivity index (χ4n) is 1.63. The van der Waals surface area contributed by atoms with Crippen LogP contribution in [0.1, 0.15) is 32.6 Å². The normalized spacial score (nSPS) is 10.2. The first-order valence-corrected chi connectivity index (χ1v) is 8.01. The third-order valence-electron chi connectivity index (χ3n) is 2.77. The summed E-state index contributed by atoms with van der Waals surface area (Å²) in [6.45, 7) is 6.06. The van der Waals surface area contributed by atoms with Crippen molar-refractivity contribution in [2.24, 2.45) is 0 Å². The second-order valence-corrected chi connectivity index (χ2v) is 5.64. The molecule has 0 aliphatic heterocycles. The molecule has 1 rings (SSSR count). The van der Waals surface area contributed by atoms with E-state index in [1.54, 1.807) is 11.8 Å². The van der Waals surface area contributed by atoms with Crippen LogP contribution in [0, 0.1) is 0 Å². The minimum atomic E-state index is -0.0766. The van der Waals surface area contributed by atoms with Crippen molar-refractivity contribution in [1.82, 2.24) is 0 Å². The highest BCUT2D eigenvalue weighted by atomic mass is 32.2. The van der Waals surface area contributed by atoms with E-state index in [2.05, 4.69) is 18.8 Å². The molecule has 0 saturated heterocycles. The SMILES string of the molecule is C=C(CSCCCCCC)C(=O)Nc1ccccc1. The van der Waals surface area contributed by atoms with Gasteiger partial charge in [-0.05, 0) is 24.3 Å². The maximum Gasteiger partial charge on any atom is 0.251 e. The molecule has 0 bridgehead atoms. The molecule has 3 heteroatoms. The van der Waals surface area contributed by atoms with Gasteiger partial charge in [-0.15, -0.1) is 0 Å². The number of carbonyl (C=O) groups excluding carboxylic acids is 1. The predicted molar refractivity (Wildman–Crippen MR) is 85.7 cm³/mol. The van der Waals surface area contributed by atoms with Crippen LogP contribution >= 0.6 is 11.8 Å². The van der Waals surface area contributed by atoms with Crippen LogP contribution in [0.15, 0.2) is 42.5 Å². The fraction of sp³-hybridized carbons (Fsp3) is 0.438. The van der Waals surface area contributed by atoms with Crippen LogP contribution in [0.5, 0.6) is 0 Å². The number of para-hydroxylation sites is 1. The van der Waals surface area contributed by atoms with Gasteiger partial charge in [-0.25, -0.2) is 0 Å². The summed E-state index contributed by atoms with van der Waals surface area (Å²) in [4.78, 5) is 11.9. The van der Waals surface area contributed by atoms with Crippen molar-refractivity contribution in [2.75, 3.05) is 16.8 Å². The second kappa shape index (κ2) is 9.68. The quantitative estimate of drug-likeness (QED) is 0.532. The standard InChI is InChI=1S/C16H23NOS/c1-3-4-5-9-12-19-13-14(2)16(18)17-15-10-7-6-8-11-15/h6-8,10-11H,2-5,9,12-13H2,1H3,(H,17,18). The maximum absolute atomic E-state index is 11.9. The molecule has 0 aliphatic rings. The third-order valence-corrected chi connectivity index (χ3v) is 3.90. The maximum atomic E-state index is 11.9. The van der Waals surface area contributed by atoms with Gasteiger partial charge in [-0.2, -0.15) is 11.8 Å². The molecular formula is C16H23NOS. The number of benzene rings is 1. The van der Waals surface area contributed by atoms with E-state index >= 15 is 0 Å². The molecule has 0 heterocycles. The van der Waals surface area contributed by atoms with Gasteiger partial charge in [0.15, 0.2) is 0 Å². The minimum absolute atomic E-state index is 0.0766. The third kappa shape index (κ3) is 7.06. The van der Waals surface area contributed by atoms with Crippen molar-refractivity contribution in [3.8, 4) is 0 Å². The minimum Gasteiger partial charge on any atom is -0.322 e. The Bertz CT molecular complexity index is 389. The van der Waals surface area contributed by atoms with Crippen LogP contribution in [-0.4, -0.2) is 17.4 Å². The van der Waals surface area contributed by atoms with Crippen molar-refractivity contribution < 1.29 is 4.79 Å². The van der Waals surface area contributed by atoms with Crippen LogP contribution in [0.3, 0.4) is 0 Å². The molecule has 0 saturated carbocycles. The number of anilines is 1. The Morgan fingerprint density at radius 3 is 2.63 bits per heavy atom. The molecule has 0 fully saturated rings. The van der Waals surface area contributed by atoms with Gasteiger partial charge in [0.2, 0.25) is 0 Å². The van der Waals surface area contributed by atoms with Gasteiger partial charge < -0.3 is 5.32 Å². The molecule has 0 aliphatic carbocycles. The van der Waals surface area contributed by atoms with Crippen LogP contribution in [0.25, 0.3) is 0 Å². The van der Waals surface area contributed by atoms with Gasteiger partial charge in [0.1, 0.15) is 0 Å². The van der Waals surface area contributed by atoms with Crippen molar-refractivity contribution in [1.29, 1.82) is 0 Å². The average Bonchev–Trinajstić information content (AvgIpc) is 2.43. The summed E-state index contributed by atoms with van der Waals surface area (Å²) < 4.78 is 0. The summed E-state index contributed by atoms with van der Waals surface area (Å²) >= 11 is 1.79. The first-order chi connectivity index (χ1) is 9.24. The topological polar surface area (TPSA) is 29.1 Å². The monoisotopic (exact) mass is 277 g/mol. The largest absolute Gasteiger partial charge is 0.322 e. The summed E-state index contributed by atoms with van der Waals surface area (Å²) in [5, 5.41) is 2.85. The summed E-state index contributed by atoms with van der Waals surface area (Å²) in [6.07, 6.45) is 5.07. The number of hydrogen-bond acceptors (Lipinski definition) is 2. The highest BCUT2D eigenvalue weighted by Crippen LogP contribution is 2.13. The number of nitrogens with one attached hydrogen (secondary N) is 1. The molecule has 0 aromatic heterocycles. The van der Waals surface area contributed by atoms with Crippen LogP contribution < -0.4 is 5.32 Å². The summed E-state index contributed by atoms with van der Waals surface area (Å²) in [5.74, 6) is 1.75. The summed E-state index contributed by atoms with van der Waals surface area (Å²) in [6, 6.07) is 9.49. The van der Waals surface area contributed by atoms with Gasteiger partial charge in [0, 0.05) is 17.0 Å². The van der Waals surface area contributed by atoms with Crippen LogP contribution in [0.4, 0.5) is 5.69 Å². The Kier molecular flexibility index (Phi) is 8.07. The van der Waals surface area contributed by atoms with E-state index in [0.29, 0.717) is 11.3 Å². The first-order valence-electron chi connectivity index (χ1n) is 6.86. The average molecular weight is 277 g/mol. The number of thioether (sulfide) groups is 1. The van der Waals surface area contributed by atoms with E-state index in [1.807, 2.05) is 30.3 Å². The second-order valence-electron chi connectivity index (χ2n) is 4.54. The van der Waals surface area contributed by atoms with Crippen molar-refractivity contribution in [2.45, 2.75) is 32.6 Å². The van der Waals surface area contributed by atoms with Gasteiger partial charge >= 0.3 is 0 Å². The highest BCUT2D eigenvalue weighted by Gasteiger charge is 2.06. The summed E-state index contributed by atoms with van der Waals surface area (Å²) in [5.41, 5.74) is 1.46. The number of amides is 1. The van der Waals surface area contributed by atoms with Crippen molar-refractivity contribution in [3.05, 3.63) is 42.5 Å². The number of rotatable bonds is 9. The Hall–Kier alpha value is -1.22. The molecule has 104 valence electrons. The molecule has 0 spiro atoms. The zero-order valence-electron chi connectivity index (χ0n) is 11.7. The predicted octanol–water partition coefficient (Wildman–Crippen LogP) is 4.49.